The number of nitrogens with one attached hydrogen (secondary N) is 2. The van der Waals surface area contributed by atoms with Crippen LogP contribution >= 0.6 is 0 Å². The number of hydrogen-bond acceptors (Lipinski definition) is 4. The van der Waals surface area contributed by atoms with Crippen molar-refractivity contribution >= 4 is 6.09 Å². The van der Waals surface area contributed by atoms with Crippen LogP contribution in [0.4, 0.5) is 4.79 Å². The first kappa shape index (κ1) is 18.1. The molecule has 0 radical (unpaired) electrons. The Morgan fingerprint density at radius 3 is 2.46 bits per heavy atom. The maximum absolute atomic E-state index is 12.1. The first-order valence-corrected chi connectivity index (χ1v) is 8.16. The Balaban J connectivity index is 2.02. The lowest BCUT2D eigenvalue weighted by molar-refractivity contribution is 0.0502. The van der Waals surface area contributed by atoms with Crippen molar-refractivity contribution in [2.24, 2.45) is 0 Å². The molecule has 24 heavy (non-hydrogen) atoms. The molecule has 0 saturated heterocycles. The van der Waals surface area contributed by atoms with Gasteiger partial charge in [-0.05, 0) is 45.4 Å². The van der Waals surface area contributed by atoms with E-state index in [1.54, 1.807) is 6.26 Å². The maximum atomic E-state index is 12.1. The Kier molecular flexibility index (Phi) is 6.04. The highest BCUT2D eigenvalue weighted by Crippen LogP contribution is 2.17. The third kappa shape index (κ3) is 5.74. The molecule has 0 spiro atoms. The van der Waals surface area contributed by atoms with Crippen molar-refractivity contribution in [2.75, 3.05) is 6.54 Å². The van der Waals surface area contributed by atoms with Crippen LogP contribution in [0, 0.1) is 0 Å². The molecule has 2 unspecified atom stereocenters. The smallest absolute Gasteiger partial charge is 0.408 e. The normalized spacial score (nSPS) is 14.0. The average molecular weight is 330 g/mol. The standard InChI is InChI=1S/C19H26N2O3/c1-14(17-11-8-12-23-17)20-13-16(15-9-6-5-7-10-15)21-18(22)24-19(2,3)4/h5-12,14,16,20H,13H2,1-4H3,(H,21,22). The van der Waals surface area contributed by atoms with Gasteiger partial charge in [0.15, 0.2) is 0 Å². The summed E-state index contributed by atoms with van der Waals surface area (Å²) >= 11 is 0. The number of ether oxygens (including phenoxy) is 1. The van der Waals surface area contributed by atoms with Gasteiger partial charge in [-0.2, -0.15) is 0 Å². The first-order valence-electron chi connectivity index (χ1n) is 8.16. The Hall–Kier alpha value is -2.27. The Morgan fingerprint density at radius 2 is 1.88 bits per heavy atom. The van der Waals surface area contributed by atoms with Gasteiger partial charge in [0.1, 0.15) is 11.4 Å². The first-order chi connectivity index (χ1) is 11.3. The summed E-state index contributed by atoms with van der Waals surface area (Å²) in [6, 6.07) is 13.5. The van der Waals surface area contributed by atoms with Crippen LogP contribution in [0.5, 0.6) is 0 Å². The van der Waals surface area contributed by atoms with Crippen LogP contribution in [-0.4, -0.2) is 18.2 Å². The lowest BCUT2D eigenvalue weighted by atomic mass is 10.1. The summed E-state index contributed by atoms with van der Waals surface area (Å²) in [4.78, 5) is 12.1. The van der Waals surface area contributed by atoms with Gasteiger partial charge in [0.05, 0.1) is 18.3 Å². The number of amides is 1. The number of benzene rings is 1. The van der Waals surface area contributed by atoms with Crippen LogP contribution in [0.1, 0.15) is 51.1 Å². The van der Waals surface area contributed by atoms with Crippen molar-refractivity contribution in [1.29, 1.82) is 0 Å². The molecule has 5 heteroatoms. The minimum Gasteiger partial charge on any atom is -0.468 e. The number of rotatable bonds is 6. The molecule has 2 atom stereocenters. The SMILES string of the molecule is CC(NCC(NC(=O)OC(C)(C)C)c1ccccc1)c1ccco1. The quantitative estimate of drug-likeness (QED) is 0.833. The van der Waals surface area contributed by atoms with E-state index in [1.165, 1.54) is 0 Å². The fourth-order valence-electron chi connectivity index (χ4n) is 2.32. The zero-order chi connectivity index (χ0) is 17.6. The van der Waals surface area contributed by atoms with Gasteiger partial charge in [-0.25, -0.2) is 4.79 Å². The van der Waals surface area contributed by atoms with Gasteiger partial charge in [0, 0.05) is 6.54 Å². The zero-order valence-electron chi connectivity index (χ0n) is 14.7. The Labute approximate surface area is 143 Å². The summed E-state index contributed by atoms with van der Waals surface area (Å²) < 4.78 is 10.8. The largest absolute Gasteiger partial charge is 0.468 e. The monoisotopic (exact) mass is 330 g/mol. The molecule has 1 heterocycles. The molecule has 1 amide bonds. The molecule has 0 saturated carbocycles. The van der Waals surface area contributed by atoms with Crippen molar-refractivity contribution in [3.63, 3.8) is 0 Å². The third-order valence-corrected chi connectivity index (χ3v) is 3.49. The zero-order valence-corrected chi connectivity index (χ0v) is 14.7. The highest BCUT2D eigenvalue weighted by atomic mass is 16.6. The topological polar surface area (TPSA) is 63.5 Å². The van der Waals surface area contributed by atoms with Crippen molar-refractivity contribution in [1.82, 2.24) is 10.6 Å². The summed E-state index contributed by atoms with van der Waals surface area (Å²) in [5, 5.41) is 6.32. The summed E-state index contributed by atoms with van der Waals surface area (Å²) in [7, 11) is 0. The number of carbonyl (C=O) groups excluding carboxylic acids is 1. The fourth-order valence-corrected chi connectivity index (χ4v) is 2.32. The Bertz CT molecular complexity index is 618. The van der Waals surface area contributed by atoms with Crippen LogP contribution < -0.4 is 10.6 Å². The predicted octanol–water partition coefficient (Wildman–Crippen LogP) is 4.20. The lowest BCUT2D eigenvalue weighted by Gasteiger charge is -2.25. The van der Waals surface area contributed by atoms with E-state index < -0.39 is 11.7 Å². The van der Waals surface area contributed by atoms with E-state index in [-0.39, 0.29) is 12.1 Å². The minimum absolute atomic E-state index is 0.0478. The molecule has 2 N–H and O–H groups in total. The van der Waals surface area contributed by atoms with Crippen molar-refractivity contribution < 1.29 is 13.9 Å². The molecule has 130 valence electrons. The molecule has 0 aliphatic rings. The second-order valence-corrected chi connectivity index (χ2v) is 6.75. The lowest BCUT2D eigenvalue weighted by Crippen LogP contribution is -2.39. The van der Waals surface area contributed by atoms with Gasteiger partial charge in [-0.3, -0.25) is 0 Å². The summed E-state index contributed by atoms with van der Waals surface area (Å²) in [5.41, 5.74) is 0.489. The number of furan rings is 1. The number of hydrogen-bond donors (Lipinski definition) is 2. The summed E-state index contributed by atoms with van der Waals surface area (Å²) in [6.45, 7) is 8.13. The molecule has 1 aromatic heterocycles. The van der Waals surface area contributed by atoms with Gasteiger partial charge in [-0.1, -0.05) is 30.3 Å². The molecule has 0 fully saturated rings. The molecule has 0 bridgehead atoms. The van der Waals surface area contributed by atoms with Crippen LogP contribution in [0.2, 0.25) is 0 Å². The molecule has 1 aromatic carbocycles. The third-order valence-electron chi connectivity index (χ3n) is 3.49. The van der Waals surface area contributed by atoms with E-state index >= 15 is 0 Å². The van der Waals surface area contributed by atoms with Gasteiger partial charge in [0.2, 0.25) is 0 Å². The Morgan fingerprint density at radius 1 is 1.17 bits per heavy atom. The maximum Gasteiger partial charge on any atom is 0.408 e. The second-order valence-electron chi connectivity index (χ2n) is 6.75. The number of alkyl carbamates (subject to hydrolysis) is 1. The highest BCUT2D eigenvalue weighted by Gasteiger charge is 2.21. The molecular formula is C19H26N2O3. The van der Waals surface area contributed by atoms with E-state index in [1.807, 2.05) is 70.2 Å². The highest BCUT2D eigenvalue weighted by molar-refractivity contribution is 5.68. The van der Waals surface area contributed by atoms with Crippen LogP contribution in [0.25, 0.3) is 0 Å². The van der Waals surface area contributed by atoms with Crippen LogP contribution in [0.15, 0.2) is 53.1 Å². The van der Waals surface area contributed by atoms with E-state index in [0.29, 0.717) is 6.54 Å². The summed E-state index contributed by atoms with van der Waals surface area (Å²) in [5.74, 6) is 0.860. The molecule has 2 aromatic rings. The minimum atomic E-state index is -0.528. The van der Waals surface area contributed by atoms with Crippen molar-refractivity contribution in [3.8, 4) is 0 Å². The molecule has 5 nitrogen and oxygen atoms in total. The van der Waals surface area contributed by atoms with E-state index in [0.717, 1.165) is 11.3 Å². The molecular weight excluding hydrogens is 304 g/mol. The van der Waals surface area contributed by atoms with Gasteiger partial charge in [0.25, 0.3) is 0 Å². The average Bonchev–Trinajstić information content (AvgIpc) is 3.04. The molecule has 0 aliphatic heterocycles. The van der Waals surface area contributed by atoms with E-state index in [9.17, 15) is 4.79 Å². The second kappa shape index (κ2) is 8.02. The van der Waals surface area contributed by atoms with E-state index in [4.69, 9.17) is 9.15 Å². The number of carbonyl (C=O) groups is 1. The fraction of sp³-hybridized carbons (Fsp3) is 0.421. The van der Waals surface area contributed by atoms with Crippen molar-refractivity contribution in [3.05, 3.63) is 60.1 Å². The molecule has 2 rings (SSSR count). The van der Waals surface area contributed by atoms with Crippen molar-refractivity contribution in [2.45, 2.75) is 45.4 Å². The van der Waals surface area contributed by atoms with E-state index in [2.05, 4.69) is 10.6 Å². The predicted molar refractivity (Wildman–Crippen MR) is 93.7 cm³/mol. The van der Waals surface area contributed by atoms with Crippen LogP contribution in [-0.2, 0) is 4.74 Å². The van der Waals surface area contributed by atoms with Gasteiger partial charge in [-0.15, -0.1) is 0 Å². The van der Waals surface area contributed by atoms with Gasteiger partial charge >= 0.3 is 6.09 Å². The van der Waals surface area contributed by atoms with Gasteiger partial charge < -0.3 is 19.8 Å². The summed E-state index contributed by atoms with van der Waals surface area (Å²) in [6.07, 6.45) is 1.23. The molecule has 0 aliphatic carbocycles. The van der Waals surface area contributed by atoms with Crippen LogP contribution in [0.3, 0.4) is 0 Å².